The summed E-state index contributed by atoms with van der Waals surface area (Å²) in [5.74, 6) is -6.38. The molecule has 0 radical (unpaired) electrons. The number of morpholine rings is 1. The van der Waals surface area contributed by atoms with Gasteiger partial charge in [0.2, 0.25) is 6.43 Å². The summed E-state index contributed by atoms with van der Waals surface area (Å²) in [6.45, 7) is 14.7. The molecule has 1 saturated heterocycles. The number of nitrogens with zero attached hydrogens (tertiary/aromatic N) is 4. The number of ether oxygens (including phenoxy) is 1. The van der Waals surface area contributed by atoms with Crippen molar-refractivity contribution in [2.75, 3.05) is 31.2 Å². The molecular formula is C38H48F5N5O5. The van der Waals surface area contributed by atoms with Gasteiger partial charge in [0.1, 0.15) is 23.4 Å². The monoisotopic (exact) mass is 749 g/mol. The van der Waals surface area contributed by atoms with E-state index in [1.165, 1.54) is 38.4 Å². The number of carbonyl (C=O) groups is 2. The molecule has 10 nitrogen and oxygen atoms in total. The van der Waals surface area contributed by atoms with E-state index in [1.807, 2.05) is 32.6 Å². The Bertz CT molecular complexity index is 1900. The molecule has 290 valence electrons. The number of carbonyl (C=O) groups excluding carboxylic acids is 1. The summed E-state index contributed by atoms with van der Waals surface area (Å²) in [7, 11) is 1.43. The van der Waals surface area contributed by atoms with Gasteiger partial charge in [0, 0.05) is 56.3 Å². The first-order valence-electron chi connectivity index (χ1n) is 17.3. The van der Waals surface area contributed by atoms with Gasteiger partial charge in [-0.15, -0.1) is 0 Å². The van der Waals surface area contributed by atoms with Crippen LogP contribution in [-0.2, 0) is 28.9 Å². The SMILES string of the molecule is CC.CC.CC(F)F.Cc1cc(N2CCOCC2)cc(F)c1C(=O)N[C@@H](Cc1ccc(-c2c(C(C)(F)F)nc(C)n(C)c2=O)c2ncccc12)C(=O)O. The standard InChI is InChI=1S/C32H32F3N5O5.C2H4F2.2C2H6/c1-17-14-20(40-10-12-45-13-11-40)16-23(33)25(17)29(41)38-24(31(43)44)15-19-7-8-22(27-21(19)6-5-9-36-27)26-28(32(3,34)35)37-18(2)39(4)30(26)42;1-2(3)4;2*1-2/h5-9,14,16,24H,10-13,15H2,1-4H3,(H,38,41)(H,43,44);2H,1H3;2*1-2H3/t24-;;;/m0.../s1. The number of benzene rings is 2. The minimum atomic E-state index is -3.44. The van der Waals surface area contributed by atoms with Gasteiger partial charge in [0.05, 0.1) is 29.9 Å². The Balaban J connectivity index is 0.00000112. The predicted octanol–water partition coefficient (Wildman–Crippen LogP) is 7.45. The number of rotatable bonds is 8. The number of aliphatic carboxylic acids is 1. The van der Waals surface area contributed by atoms with Crippen molar-refractivity contribution < 1.29 is 41.4 Å². The number of alkyl halides is 4. The van der Waals surface area contributed by atoms with Crippen molar-refractivity contribution in [1.29, 1.82) is 0 Å². The number of aryl methyl sites for hydroxylation is 2. The summed E-state index contributed by atoms with van der Waals surface area (Å²) < 4.78 is 71.8. The maximum absolute atomic E-state index is 15.3. The maximum atomic E-state index is 15.3. The van der Waals surface area contributed by atoms with Crippen LogP contribution in [0.15, 0.2) is 47.4 Å². The van der Waals surface area contributed by atoms with E-state index < -0.39 is 47.3 Å². The van der Waals surface area contributed by atoms with Crippen molar-refractivity contribution in [1.82, 2.24) is 19.9 Å². The molecule has 4 aromatic rings. The lowest BCUT2D eigenvalue weighted by Gasteiger charge is -2.29. The molecule has 5 rings (SSSR count). The summed E-state index contributed by atoms with van der Waals surface area (Å²) in [5, 5.41) is 12.8. The van der Waals surface area contributed by atoms with Gasteiger partial charge in [0.25, 0.3) is 17.4 Å². The summed E-state index contributed by atoms with van der Waals surface area (Å²) in [4.78, 5) is 49.1. The average Bonchev–Trinajstić information content (AvgIpc) is 3.11. The van der Waals surface area contributed by atoms with E-state index in [1.54, 1.807) is 25.1 Å². The van der Waals surface area contributed by atoms with Crippen LogP contribution in [0.1, 0.15) is 74.5 Å². The third kappa shape index (κ3) is 11.0. The molecule has 3 heterocycles. The molecule has 2 N–H and O–H groups in total. The highest BCUT2D eigenvalue weighted by molar-refractivity contribution is 5.99. The van der Waals surface area contributed by atoms with Crippen LogP contribution < -0.4 is 15.8 Å². The molecule has 0 unspecified atom stereocenters. The fourth-order valence-corrected chi connectivity index (χ4v) is 5.55. The molecule has 0 aliphatic carbocycles. The molecule has 0 spiro atoms. The van der Waals surface area contributed by atoms with E-state index in [0.717, 1.165) is 11.5 Å². The summed E-state index contributed by atoms with van der Waals surface area (Å²) in [6, 6.07) is 7.57. The Kier molecular flexibility index (Phi) is 16.5. The molecule has 2 aromatic heterocycles. The van der Waals surface area contributed by atoms with Gasteiger partial charge >= 0.3 is 5.97 Å². The highest BCUT2D eigenvalue weighted by atomic mass is 19.3. The van der Waals surface area contributed by atoms with Crippen molar-refractivity contribution in [3.05, 3.63) is 87.0 Å². The van der Waals surface area contributed by atoms with Crippen molar-refractivity contribution in [2.24, 2.45) is 7.05 Å². The lowest BCUT2D eigenvalue weighted by molar-refractivity contribution is -0.139. The predicted molar refractivity (Wildman–Crippen MR) is 196 cm³/mol. The number of carboxylic acids is 1. The average molecular weight is 750 g/mol. The molecular weight excluding hydrogens is 701 g/mol. The highest BCUT2D eigenvalue weighted by Gasteiger charge is 2.34. The fraction of sp³-hybridized carbons (Fsp3) is 0.447. The maximum Gasteiger partial charge on any atom is 0.326 e. The van der Waals surface area contributed by atoms with Crippen molar-refractivity contribution >= 4 is 28.5 Å². The third-order valence-corrected chi connectivity index (χ3v) is 7.96. The number of nitrogens with one attached hydrogen (secondary N) is 1. The Labute approximate surface area is 306 Å². The normalized spacial score (nSPS) is 13.2. The molecule has 1 atom stereocenters. The topological polar surface area (TPSA) is 127 Å². The second kappa shape index (κ2) is 19.8. The van der Waals surface area contributed by atoms with Crippen LogP contribution in [0.3, 0.4) is 0 Å². The molecule has 2 aromatic carbocycles. The summed E-state index contributed by atoms with van der Waals surface area (Å²) in [5.41, 5.74) is -0.336. The van der Waals surface area contributed by atoms with Crippen molar-refractivity contribution in [3.63, 3.8) is 0 Å². The van der Waals surface area contributed by atoms with Gasteiger partial charge in [-0.2, -0.15) is 8.78 Å². The quantitative estimate of drug-likeness (QED) is 0.178. The van der Waals surface area contributed by atoms with E-state index in [0.29, 0.717) is 55.4 Å². The number of aromatic nitrogens is 3. The fourth-order valence-electron chi connectivity index (χ4n) is 5.55. The number of halogens is 5. The first kappa shape index (κ1) is 44.2. The number of anilines is 1. The number of hydrogen-bond donors (Lipinski definition) is 2. The first-order valence-corrected chi connectivity index (χ1v) is 17.3. The van der Waals surface area contributed by atoms with Gasteiger partial charge in [-0.3, -0.25) is 19.1 Å². The van der Waals surface area contributed by atoms with Gasteiger partial charge < -0.3 is 20.1 Å². The zero-order valence-corrected chi connectivity index (χ0v) is 31.5. The first-order chi connectivity index (χ1) is 25.0. The van der Waals surface area contributed by atoms with Crippen LogP contribution in [-0.4, -0.2) is 70.3 Å². The van der Waals surface area contributed by atoms with Gasteiger partial charge in [-0.25, -0.2) is 22.9 Å². The Morgan fingerprint density at radius 3 is 2.21 bits per heavy atom. The van der Waals surface area contributed by atoms with Crippen LogP contribution in [0.5, 0.6) is 0 Å². The van der Waals surface area contributed by atoms with E-state index in [4.69, 9.17) is 4.74 Å². The summed E-state index contributed by atoms with van der Waals surface area (Å²) in [6.07, 6.45) is -0.981. The number of amides is 1. The molecule has 15 heteroatoms. The molecule has 1 aliphatic heterocycles. The van der Waals surface area contributed by atoms with Gasteiger partial charge in [-0.05, 0) is 50.1 Å². The summed E-state index contributed by atoms with van der Waals surface area (Å²) >= 11 is 0. The molecule has 0 bridgehead atoms. The highest BCUT2D eigenvalue weighted by Crippen LogP contribution is 2.36. The Morgan fingerprint density at radius 2 is 1.66 bits per heavy atom. The molecule has 1 fully saturated rings. The largest absolute Gasteiger partial charge is 0.480 e. The second-order valence-corrected chi connectivity index (χ2v) is 11.6. The zero-order chi connectivity index (χ0) is 40.2. The van der Waals surface area contributed by atoms with E-state index in [9.17, 15) is 37.1 Å². The van der Waals surface area contributed by atoms with E-state index in [2.05, 4.69) is 15.3 Å². The van der Waals surface area contributed by atoms with Crippen LogP contribution in [0.4, 0.5) is 27.6 Å². The third-order valence-electron chi connectivity index (χ3n) is 7.96. The number of carboxylic acid groups (broad SMARTS) is 1. The van der Waals surface area contributed by atoms with E-state index in [-0.39, 0.29) is 34.5 Å². The minimum absolute atomic E-state index is 0.105. The number of pyridine rings is 1. The molecule has 0 saturated carbocycles. The zero-order valence-electron chi connectivity index (χ0n) is 31.5. The van der Waals surface area contributed by atoms with Crippen LogP contribution >= 0.6 is 0 Å². The van der Waals surface area contributed by atoms with Crippen LogP contribution in [0.2, 0.25) is 0 Å². The van der Waals surface area contributed by atoms with Crippen molar-refractivity contribution in [2.45, 2.75) is 80.2 Å². The minimum Gasteiger partial charge on any atom is -0.480 e. The number of fused-ring (bicyclic) bond motifs is 1. The number of hydrogen-bond acceptors (Lipinski definition) is 7. The molecule has 1 aliphatic rings. The molecule has 53 heavy (non-hydrogen) atoms. The van der Waals surface area contributed by atoms with Crippen LogP contribution in [0.25, 0.3) is 22.0 Å². The Hall–Kier alpha value is -4.92. The lowest BCUT2D eigenvalue weighted by atomic mass is 9.93. The lowest BCUT2D eigenvalue weighted by Crippen LogP contribution is -2.43. The smallest absolute Gasteiger partial charge is 0.326 e. The van der Waals surface area contributed by atoms with Gasteiger partial charge in [-0.1, -0.05) is 45.9 Å². The molecule has 1 amide bonds. The van der Waals surface area contributed by atoms with Gasteiger partial charge in [0.15, 0.2) is 0 Å². The second-order valence-electron chi connectivity index (χ2n) is 11.6. The Morgan fingerprint density at radius 1 is 1.06 bits per heavy atom. The van der Waals surface area contributed by atoms with Crippen molar-refractivity contribution in [3.8, 4) is 11.1 Å². The van der Waals surface area contributed by atoms with E-state index >= 15 is 4.39 Å². The van der Waals surface area contributed by atoms with Crippen LogP contribution in [0, 0.1) is 19.7 Å².